The summed E-state index contributed by atoms with van der Waals surface area (Å²) in [5, 5.41) is 10.2. The van der Waals surface area contributed by atoms with Gasteiger partial charge in [-0.2, -0.15) is 13.2 Å². The third kappa shape index (κ3) is 3.12. The van der Waals surface area contributed by atoms with Gasteiger partial charge < -0.3 is 9.84 Å². The second-order valence-corrected chi connectivity index (χ2v) is 4.68. The summed E-state index contributed by atoms with van der Waals surface area (Å²) in [6.45, 7) is 1.41. The maximum absolute atomic E-state index is 12.6. The molecule has 6 heteroatoms. The van der Waals surface area contributed by atoms with E-state index in [1.54, 1.807) is 0 Å². The predicted molar refractivity (Wildman–Crippen MR) is 54.1 cm³/mol. The number of halogens is 3. The summed E-state index contributed by atoms with van der Waals surface area (Å²) in [6, 6.07) is 0. The summed E-state index contributed by atoms with van der Waals surface area (Å²) in [7, 11) is 1.16. The molecular weight excluding hydrogens is 237 g/mol. The van der Waals surface area contributed by atoms with Gasteiger partial charge in [0.25, 0.3) is 0 Å². The topological polar surface area (TPSA) is 46.5 Å². The summed E-state index contributed by atoms with van der Waals surface area (Å²) < 4.78 is 42.3. The zero-order valence-corrected chi connectivity index (χ0v) is 9.88. The average molecular weight is 254 g/mol. The van der Waals surface area contributed by atoms with Crippen molar-refractivity contribution in [2.45, 2.75) is 44.4 Å². The third-order valence-corrected chi connectivity index (χ3v) is 3.59. The van der Waals surface area contributed by atoms with Crippen LogP contribution in [0, 0.1) is 11.8 Å². The van der Waals surface area contributed by atoms with Crippen LogP contribution in [0.25, 0.3) is 0 Å². The molecule has 0 bridgehead atoms. The smallest absolute Gasteiger partial charge is 0.391 e. The first kappa shape index (κ1) is 14.3. The largest absolute Gasteiger partial charge is 0.469 e. The lowest BCUT2D eigenvalue weighted by Crippen LogP contribution is -2.47. The quantitative estimate of drug-likeness (QED) is 0.769. The number of carbonyl (C=O) groups excluding carboxylic acids is 1. The number of alkyl halides is 3. The molecule has 1 rings (SSSR count). The molecular formula is C11H17F3O3. The lowest BCUT2D eigenvalue weighted by Gasteiger charge is -2.40. The Morgan fingerprint density at radius 1 is 1.53 bits per heavy atom. The van der Waals surface area contributed by atoms with Crippen LogP contribution in [0.15, 0.2) is 0 Å². The summed E-state index contributed by atoms with van der Waals surface area (Å²) in [5.74, 6) is -3.14. The van der Waals surface area contributed by atoms with Gasteiger partial charge >= 0.3 is 12.1 Å². The van der Waals surface area contributed by atoms with Crippen molar-refractivity contribution in [3.05, 3.63) is 0 Å². The highest BCUT2D eigenvalue weighted by Crippen LogP contribution is 2.44. The molecule has 3 unspecified atom stereocenters. The van der Waals surface area contributed by atoms with Gasteiger partial charge in [-0.05, 0) is 32.6 Å². The van der Waals surface area contributed by atoms with E-state index >= 15 is 0 Å². The van der Waals surface area contributed by atoms with Gasteiger partial charge in [-0.1, -0.05) is 0 Å². The second-order valence-electron chi connectivity index (χ2n) is 4.68. The molecule has 17 heavy (non-hydrogen) atoms. The van der Waals surface area contributed by atoms with Gasteiger partial charge in [0.15, 0.2) is 0 Å². The van der Waals surface area contributed by atoms with Gasteiger partial charge in [-0.15, -0.1) is 0 Å². The summed E-state index contributed by atoms with van der Waals surface area (Å²) >= 11 is 0. The van der Waals surface area contributed by atoms with Gasteiger partial charge in [0.2, 0.25) is 0 Å². The van der Waals surface area contributed by atoms with Crippen LogP contribution in [0.2, 0.25) is 0 Å². The number of methoxy groups -OCH3 is 1. The van der Waals surface area contributed by atoms with Crippen LogP contribution in [0.1, 0.15) is 32.6 Å². The van der Waals surface area contributed by atoms with Crippen LogP contribution in [0.4, 0.5) is 13.2 Å². The van der Waals surface area contributed by atoms with Crippen LogP contribution < -0.4 is 0 Å². The Kier molecular flexibility index (Phi) is 4.06. The fourth-order valence-electron chi connectivity index (χ4n) is 2.35. The van der Waals surface area contributed by atoms with E-state index in [0.717, 1.165) is 7.11 Å². The number of esters is 1. The summed E-state index contributed by atoms with van der Waals surface area (Å²) in [5.41, 5.74) is -1.61. The van der Waals surface area contributed by atoms with E-state index in [9.17, 15) is 23.1 Å². The Morgan fingerprint density at radius 2 is 2.12 bits per heavy atom. The maximum atomic E-state index is 12.6. The molecule has 0 spiro atoms. The van der Waals surface area contributed by atoms with E-state index in [4.69, 9.17) is 0 Å². The van der Waals surface area contributed by atoms with Crippen LogP contribution >= 0.6 is 0 Å². The van der Waals surface area contributed by atoms with Gasteiger partial charge in [-0.25, -0.2) is 0 Å². The Balaban J connectivity index is 2.79. The first-order valence-electron chi connectivity index (χ1n) is 5.57. The molecule has 0 aromatic heterocycles. The number of aliphatic hydroxyl groups is 1. The summed E-state index contributed by atoms with van der Waals surface area (Å²) in [4.78, 5) is 11.3. The third-order valence-electron chi connectivity index (χ3n) is 3.59. The number of hydrogen-bond acceptors (Lipinski definition) is 3. The van der Waals surface area contributed by atoms with Crippen molar-refractivity contribution in [3.63, 3.8) is 0 Å². The SMILES string of the molecule is COC(=O)C(C)C1(O)CCCC(C(F)(F)F)C1. The number of hydrogen-bond donors (Lipinski definition) is 1. The van der Waals surface area contributed by atoms with E-state index in [2.05, 4.69) is 4.74 Å². The predicted octanol–water partition coefficient (Wildman–Crippen LogP) is 2.28. The molecule has 100 valence electrons. The Labute approximate surface area is 97.9 Å². The van der Waals surface area contributed by atoms with E-state index in [-0.39, 0.29) is 19.3 Å². The number of ether oxygens (including phenoxy) is 1. The zero-order valence-electron chi connectivity index (χ0n) is 9.88. The summed E-state index contributed by atoms with van der Waals surface area (Å²) in [6.07, 6.45) is -4.26. The molecule has 0 aromatic rings. The standard InChI is InChI=1S/C11H17F3O3/c1-7(9(15)17-2)10(16)5-3-4-8(6-10)11(12,13)14/h7-8,16H,3-6H2,1-2H3. The van der Waals surface area contributed by atoms with Crippen LogP contribution in [-0.2, 0) is 9.53 Å². The van der Waals surface area contributed by atoms with Crippen molar-refractivity contribution in [1.82, 2.24) is 0 Å². The fraction of sp³-hybridized carbons (Fsp3) is 0.909. The van der Waals surface area contributed by atoms with Gasteiger partial charge in [0.1, 0.15) is 0 Å². The van der Waals surface area contributed by atoms with Crippen LogP contribution in [-0.4, -0.2) is 30.0 Å². The minimum atomic E-state index is -4.32. The van der Waals surface area contributed by atoms with Crippen LogP contribution in [0.5, 0.6) is 0 Å². The highest BCUT2D eigenvalue weighted by molar-refractivity contribution is 5.73. The highest BCUT2D eigenvalue weighted by Gasteiger charge is 2.50. The molecule has 0 amide bonds. The normalized spacial score (nSPS) is 32.0. The lowest BCUT2D eigenvalue weighted by molar-refractivity contribution is -0.208. The fourth-order valence-corrected chi connectivity index (χ4v) is 2.35. The number of carbonyl (C=O) groups is 1. The minimum absolute atomic E-state index is 0.0136. The van der Waals surface area contributed by atoms with Gasteiger partial charge in [0.05, 0.1) is 24.5 Å². The average Bonchev–Trinajstić information content (AvgIpc) is 2.26. The Bertz CT molecular complexity index is 290. The second kappa shape index (κ2) is 4.84. The van der Waals surface area contributed by atoms with Crippen LogP contribution in [0.3, 0.4) is 0 Å². The first-order valence-corrected chi connectivity index (χ1v) is 5.57. The molecule has 0 saturated heterocycles. The minimum Gasteiger partial charge on any atom is -0.469 e. The van der Waals surface area contributed by atoms with Crippen molar-refractivity contribution >= 4 is 5.97 Å². The maximum Gasteiger partial charge on any atom is 0.391 e. The van der Waals surface area contributed by atoms with Crippen molar-refractivity contribution in [2.75, 3.05) is 7.11 Å². The zero-order chi connectivity index (χ0) is 13.3. The highest BCUT2D eigenvalue weighted by atomic mass is 19.4. The number of rotatable bonds is 2. The monoisotopic (exact) mass is 254 g/mol. The van der Waals surface area contributed by atoms with E-state index < -0.39 is 36.0 Å². The van der Waals surface area contributed by atoms with Gasteiger partial charge in [0, 0.05) is 0 Å². The molecule has 1 aliphatic rings. The molecule has 0 heterocycles. The molecule has 0 aromatic carbocycles. The van der Waals surface area contributed by atoms with Gasteiger partial charge in [-0.3, -0.25) is 4.79 Å². The van der Waals surface area contributed by atoms with Crippen molar-refractivity contribution in [2.24, 2.45) is 11.8 Å². The molecule has 1 N–H and O–H groups in total. The molecule has 0 radical (unpaired) electrons. The lowest BCUT2D eigenvalue weighted by atomic mass is 9.71. The van der Waals surface area contributed by atoms with Crippen molar-refractivity contribution < 1.29 is 27.8 Å². The van der Waals surface area contributed by atoms with Crippen molar-refractivity contribution in [3.8, 4) is 0 Å². The first-order chi connectivity index (χ1) is 7.70. The molecule has 0 aliphatic heterocycles. The Hall–Kier alpha value is -0.780. The van der Waals surface area contributed by atoms with E-state index in [1.807, 2.05) is 0 Å². The molecule has 1 aliphatic carbocycles. The molecule has 1 fully saturated rings. The van der Waals surface area contributed by atoms with E-state index in [1.165, 1.54) is 6.92 Å². The van der Waals surface area contributed by atoms with E-state index in [0.29, 0.717) is 0 Å². The molecule has 3 nitrogen and oxygen atoms in total. The Morgan fingerprint density at radius 3 is 2.59 bits per heavy atom. The molecule has 1 saturated carbocycles. The molecule has 3 atom stereocenters. The van der Waals surface area contributed by atoms with Crippen molar-refractivity contribution in [1.29, 1.82) is 0 Å².